The summed E-state index contributed by atoms with van der Waals surface area (Å²) in [5.74, 6) is -0.395. The molecule has 0 saturated carbocycles. The van der Waals surface area contributed by atoms with Crippen molar-refractivity contribution in [3.05, 3.63) is 36.5 Å². The predicted molar refractivity (Wildman–Crippen MR) is 233 cm³/mol. The third-order valence-electron chi connectivity index (χ3n) is 10.2. The number of carbonyl (C=O) groups is 2. The Labute approximate surface area is 336 Å². The van der Waals surface area contributed by atoms with Gasteiger partial charge in [-0.05, 0) is 51.4 Å². The summed E-state index contributed by atoms with van der Waals surface area (Å²) in [7, 11) is 0. The average Bonchev–Trinajstić information content (AvgIpc) is 3.17. The summed E-state index contributed by atoms with van der Waals surface area (Å²) in [4.78, 5) is 25.2. The van der Waals surface area contributed by atoms with Crippen LogP contribution < -0.4 is 0 Å². The second kappa shape index (κ2) is 45.5. The van der Waals surface area contributed by atoms with E-state index in [0.29, 0.717) is 19.4 Å². The minimum absolute atomic E-state index is 0.0874. The van der Waals surface area contributed by atoms with Crippen LogP contribution in [-0.4, -0.2) is 37.9 Å². The van der Waals surface area contributed by atoms with Gasteiger partial charge in [-0.1, -0.05) is 211 Å². The van der Waals surface area contributed by atoms with Crippen molar-refractivity contribution in [3.8, 4) is 0 Å². The monoisotopic (exact) mass is 759 g/mol. The van der Waals surface area contributed by atoms with E-state index in [2.05, 4.69) is 57.2 Å². The van der Waals surface area contributed by atoms with Crippen LogP contribution >= 0.6 is 0 Å². The lowest BCUT2D eigenvalue weighted by Crippen LogP contribution is -2.30. The van der Waals surface area contributed by atoms with Crippen LogP contribution in [0.15, 0.2) is 36.5 Å². The summed E-state index contributed by atoms with van der Waals surface area (Å²) in [5, 5.41) is 0. The SMILES string of the molecule is CC/C=C\C/C=C\C/C=C\CCCCCCCCCCOCC(COC(=O)CCCCCCCCCCCCC)OC(=O)CCCCCCCCCCC. The normalized spacial score (nSPS) is 12.4. The zero-order valence-corrected chi connectivity index (χ0v) is 36.2. The second-order valence-corrected chi connectivity index (χ2v) is 15.6. The highest BCUT2D eigenvalue weighted by Gasteiger charge is 2.17. The number of hydrogen-bond donors (Lipinski definition) is 0. The largest absolute Gasteiger partial charge is 0.462 e. The van der Waals surface area contributed by atoms with E-state index in [1.165, 1.54) is 148 Å². The molecule has 0 spiro atoms. The highest BCUT2D eigenvalue weighted by molar-refractivity contribution is 5.70. The van der Waals surface area contributed by atoms with Gasteiger partial charge in [0, 0.05) is 19.4 Å². The van der Waals surface area contributed by atoms with E-state index in [-0.39, 0.29) is 25.2 Å². The second-order valence-electron chi connectivity index (χ2n) is 15.6. The topological polar surface area (TPSA) is 61.8 Å². The molecule has 316 valence electrons. The zero-order valence-electron chi connectivity index (χ0n) is 36.2. The Morgan fingerprint density at radius 3 is 1.33 bits per heavy atom. The van der Waals surface area contributed by atoms with Crippen molar-refractivity contribution in [2.24, 2.45) is 0 Å². The van der Waals surface area contributed by atoms with Gasteiger partial charge in [-0.2, -0.15) is 0 Å². The van der Waals surface area contributed by atoms with Crippen LogP contribution in [0.2, 0.25) is 0 Å². The molecule has 0 bridgehead atoms. The quantitative estimate of drug-likeness (QED) is 0.0352. The Balaban J connectivity index is 4.17. The van der Waals surface area contributed by atoms with Gasteiger partial charge in [0.05, 0.1) is 6.61 Å². The minimum atomic E-state index is -0.531. The first-order valence-corrected chi connectivity index (χ1v) is 23.5. The number of allylic oxidation sites excluding steroid dienone is 6. The first-order chi connectivity index (χ1) is 26.6. The van der Waals surface area contributed by atoms with Gasteiger partial charge in [0.15, 0.2) is 6.10 Å². The van der Waals surface area contributed by atoms with Crippen LogP contribution in [0.5, 0.6) is 0 Å². The van der Waals surface area contributed by atoms with Gasteiger partial charge in [0.25, 0.3) is 0 Å². The molecule has 0 aromatic carbocycles. The maximum atomic E-state index is 12.7. The zero-order chi connectivity index (χ0) is 39.3. The molecular formula is C49H90O5. The summed E-state index contributed by atoms with van der Waals surface area (Å²) in [6.45, 7) is 7.70. The lowest BCUT2D eigenvalue weighted by atomic mass is 10.1. The van der Waals surface area contributed by atoms with E-state index in [4.69, 9.17) is 14.2 Å². The molecule has 0 aliphatic rings. The number of carbonyl (C=O) groups excluding carboxylic acids is 2. The molecule has 0 rings (SSSR count). The molecule has 0 aromatic heterocycles. The Morgan fingerprint density at radius 1 is 0.426 bits per heavy atom. The van der Waals surface area contributed by atoms with Crippen molar-refractivity contribution >= 4 is 11.9 Å². The van der Waals surface area contributed by atoms with E-state index in [0.717, 1.165) is 57.8 Å². The molecular weight excluding hydrogens is 669 g/mol. The van der Waals surface area contributed by atoms with Crippen LogP contribution in [0.25, 0.3) is 0 Å². The first kappa shape index (κ1) is 52.1. The van der Waals surface area contributed by atoms with Crippen LogP contribution in [0.1, 0.15) is 239 Å². The fourth-order valence-electron chi connectivity index (χ4n) is 6.70. The van der Waals surface area contributed by atoms with Gasteiger partial charge < -0.3 is 14.2 Å². The molecule has 0 radical (unpaired) electrons. The molecule has 0 aliphatic heterocycles. The molecule has 0 amide bonds. The molecule has 1 atom stereocenters. The highest BCUT2D eigenvalue weighted by Crippen LogP contribution is 2.14. The maximum Gasteiger partial charge on any atom is 0.306 e. The van der Waals surface area contributed by atoms with E-state index < -0.39 is 6.10 Å². The van der Waals surface area contributed by atoms with Crippen molar-refractivity contribution in [2.45, 2.75) is 245 Å². The molecule has 5 nitrogen and oxygen atoms in total. The molecule has 0 N–H and O–H groups in total. The van der Waals surface area contributed by atoms with Crippen molar-refractivity contribution in [2.75, 3.05) is 19.8 Å². The molecule has 0 saturated heterocycles. The molecule has 0 aliphatic carbocycles. The lowest BCUT2D eigenvalue weighted by Gasteiger charge is -2.18. The maximum absolute atomic E-state index is 12.7. The van der Waals surface area contributed by atoms with Crippen molar-refractivity contribution < 1.29 is 23.8 Å². The van der Waals surface area contributed by atoms with Gasteiger partial charge in [0.2, 0.25) is 0 Å². The van der Waals surface area contributed by atoms with Crippen LogP contribution in [0.3, 0.4) is 0 Å². The number of rotatable bonds is 43. The molecule has 0 aromatic rings. The third kappa shape index (κ3) is 42.9. The summed E-state index contributed by atoms with van der Waals surface area (Å²) >= 11 is 0. The number of hydrogen-bond acceptors (Lipinski definition) is 5. The predicted octanol–water partition coefficient (Wildman–Crippen LogP) is 15.4. The Kier molecular flexibility index (Phi) is 43.9. The molecule has 5 heteroatoms. The van der Waals surface area contributed by atoms with Gasteiger partial charge in [-0.15, -0.1) is 0 Å². The lowest BCUT2D eigenvalue weighted by molar-refractivity contribution is -0.163. The average molecular weight is 759 g/mol. The van der Waals surface area contributed by atoms with Crippen molar-refractivity contribution in [1.29, 1.82) is 0 Å². The summed E-state index contributed by atoms with van der Waals surface area (Å²) in [5.41, 5.74) is 0. The Morgan fingerprint density at radius 2 is 0.833 bits per heavy atom. The standard InChI is InChI=1S/C49H90O5/c1-4-7-10-13-16-19-21-22-23-24-25-26-27-29-32-35-38-41-44-52-45-47(54-49(51)43-40-37-34-30-18-15-12-9-6-3)46-53-48(50)42-39-36-33-31-28-20-17-14-11-8-5-2/h7,10,16,19,22-23,47H,4-6,8-9,11-15,17-18,20-21,24-46H2,1-3H3/b10-7-,19-16-,23-22-. The van der Waals surface area contributed by atoms with E-state index in [1.54, 1.807) is 0 Å². The summed E-state index contributed by atoms with van der Waals surface area (Å²) < 4.78 is 17.3. The molecule has 54 heavy (non-hydrogen) atoms. The Bertz CT molecular complexity index is 862. The smallest absolute Gasteiger partial charge is 0.306 e. The van der Waals surface area contributed by atoms with Crippen LogP contribution in [0.4, 0.5) is 0 Å². The van der Waals surface area contributed by atoms with Gasteiger partial charge in [-0.25, -0.2) is 0 Å². The fraction of sp³-hybridized carbons (Fsp3) is 0.837. The van der Waals surface area contributed by atoms with E-state index in [9.17, 15) is 9.59 Å². The number of ether oxygens (including phenoxy) is 3. The van der Waals surface area contributed by atoms with Crippen molar-refractivity contribution in [1.82, 2.24) is 0 Å². The van der Waals surface area contributed by atoms with Crippen LogP contribution in [-0.2, 0) is 23.8 Å². The summed E-state index contributed by atoms with van der Waals surface area (Å²) in [6, 6.07) is 0. The fourth-order valence-corrected chi connectivity index (χ4v) is 6.70. The highest BCUT2D eigenvalue weighted by atomic mass is 16.6. The van der Waals surface area contributed by atoms with Gasteiger partial charge in [-0.3, -0.25) is 9.59 Å². The first-order valence-electron chi connectivity index (χ1n) is 23.5. The summed E-state index contributed by atoms with van der Waals surface area (Å²) in [6.07, 6.45) is 52.9. The number of unbranched alkanes of at least 4 members (excludes halogenated alkanes) is 26. The molecule has 1 unspecified atom stereocenters. The van der Waals surface area contributed by atoms with Gasteiger partial charge in [0.1, 0.15) is 6.61 Å². The Hall–Kier alpha value is -1.88. The van der Waals surface area contributed by atoms with Crippen LogP contribution in [0, 0.1) is 0 Å². The third-order valence-corrected chi connectivity index (χ3v) is 10.2. The number of esters is 2. The molecule has 0 fully saturated rings. The van der Waals surface area contributed by atoms with Gasteiger partial charge >= 0.3 is 11.9 Å². The van der Waals surface area contributed by atoms with E-state index >= 15 is 0 Å². The van der Waals surface area contributed by atoms with Crippen molar-refractivity contribution in [3.63, 3.8) is 0 Å². The molecule has 0 heterocycles. The van der Waals surface area contributed by atoms with E-state index in [1.807, 2.05) is 0 Å². The minimum Gasteiger partial charge on any atom is -0.462 e.